The molecule has 2 N–H and O–H groups in total. The van der Waals surface area contributed by atoms with Gasteiger partial charge in [0.05, 0.1) is 10.5 Å². The summed E-state index contributed by atoms with van der Waals surface area (Å²) in [5.74, 6) is -3.42. The number of amides is 1. The number of aliphatic hydroxyl groups excluding tert-OH is 1. The van der Waals surface area contributed by atoms with Crippen LogP contribution in [-0.2, 0) is 0 Å². The van der Waals surface area contributed by atoms with Gasteiger partial charge < -0.3 is 10.4 Å². The van der Waals surface area contributed by atoms with Crippen LogP contribution in [0.15, 0.2) is 12.1 Å². The Morgan fingerprint density at radius 3 is 2.52 bits per heavy atom. The van der Waals surface area contributed by atoms with Gasteiger partial charge in [-0.1, -0.05) is 6.92 Å². The van der Waals surface area contributed by atoms with E-state index in [4.69, 9.17) is 5.11 Å². The fourth-order valence-corrected chi connectivity index (χ4v) is 1.77. The summed E-state index contributed by atoms with van der Waals surface area (Å²) in [5.41, 5.74) is -2.37. The molecule has 0 saturated heterocycles. The van der Waals surface area contributed by atoms with Crippen molar-refractivity contribution in [1.29, 1.82) is 0 Å². The average molecular weight is 302 g/mol. The van der Waals surface area contributed by atoms with Crippen molar-refractivity contribution in [2.45, 2.75) is 32.2 Å². The van der Waals surface area contributed by atoms with E-state index in [1.54, 1.807) is 13.8 Å². The second kappa shape index (κ2) is 6.57. The lowest BCUT2D eigenvalue weighted by Crippen LogP contribution is -2.46. The van der Waals surface area contributed by atoms with Crippen LogP contribution in [0.3, 0.4) is 0 Å². The van der Waals surface area contributed by atoms with Crippen LogP contribution in [0.2, 0.25) is 0 Å². The molecule has 1 rings (SSSR count). The summed E-state index contributed by atoms with van der Waals surface area (Å²) in [6, 6.07) is 0.872. The fourth-order valence-electron chi connectivity index (χ4n) is 1.77. The van der Waals surface area contributed by atoms with Crippen LogP contribution < -0.4 is 5.32 Å². The number of hydrogen-bond acceptors (Lipinski definition) is 4. The molecule has 1 atom stereocenters. The summed E-state index contributed by atoms with van der Waals surface area (Å²) in [7, 11) is 0. The van der Waals surface area contributed by atoms with Gasteiger partial charge in [-0.05, 0) is 19.8 Å². The number of benzene rings is 1. The first-order chi connectivity index (χ1) is 9.74. The lowest BCUT2D eigenvalue weighted by atomic mass is 9.94. The number of nitrogens with one attached hydrogen (secondary N) is 1. The SMILES string of the molecule is CCC(C)(CCO)NC(=O)c1cc([N+](=O)[O-])c(F)cc1F. The highest BCUT2D eigenvalue weighted by molar-refractivity contribution is 5.95. The smallest absolute Gasteiger partial charge is 0.305 e. The van der Waals surface area contributed by atoms with Gasteiger partial charge in [-0.25, -0.2) is 4.39 Å². The third-order valence-electron chi connectivity index (χ3n) is 3.34. The van der Waals surface area contributed by atoms with Crippen molar-refractivity contribution in [3.63, 3.8) is 0 Å². The van der Waals surface area contributed by atoms with Gasteiger partial charge in [-0.3, -0.25) is 14.9 Å². The van der Waals surface area contributed by atoms with Gasteiger partial charge >= 0.3 is 5.69 Å². The van der Waals surface area contributed by atoms with Crippen LogP contribution in [0.1, 0.15) is 37.0 Å². The normalized spacial score (nSPS) is 13.6. The first-order valence-electron chi connectivity index (χ1n) is 6.31. The molecule has 0 radical (unpaired) electrons. The third-order valence-corrected chi connectivity index (χ3v) is 3.34. The summed E-state index contributed by atoms with van der Waals surface area (Å²) < 4.78 is 26.9. The predicted molar refractivity (Wildman–Crippen MR) is 70.9 cm³/mol. The molecule has 6 nitrogen and oxygen atoms in total. The highest BCUT2D eigenvalue weighted by Gasteiger charge is 2.28. The standard InChI is InChI=1S/C13H16F2N2O4/c1-3-13(2,4-5-18)16-12(19)8-6-11(17(20)21)10(15)7-9(8)14/h6-7,18H,3-5H2,1-2H3,(H,16,19). The van der Waals surface area contributed by atoms with Crippen LogP contribution in [0, 0.1) is 21.7 Å². The maximum absolute atomic E-state index is 13.6. The fraction of sp³-hybridized carbons (Fsp3) is 0.462. The molecule has 0 aliphatic carbocycles. The van der Waals surface area contributed by atoms with Crippen molar-refractivity contribution in [1.82, 2.24) is 5.32 Å². The van der Waals surface area contributed by atoms with Crippen molar-refractivity contribution in [3.8, 4) is 0 Å². The summed E-state index contributed by atoms with van der Waals surface area (Å²) >= 11 is 0. The van der Waals surface area contributed by atoms with E-state index in [1.807, 2.05) is 0 Å². The van der Waals surface area contributed by atoms with E-state index in [0.29, 0.717) is 18.6 Å². The molecular formula is C13H16F2N2O4. The Morgan fingerprint density at radius 2 is 2.05 bits per heavy atom. The minimum absolute atomic E-state index is 0.184. The van der Waals surface area contributed by atoms with Crippen LogP contribution in [-0.4, -0.2) is 28.1 Å². The summed E-state index contributed by atoms with van der Waals surface area (Å²) in [5, 5.41) is 22.1. The van der Waals surface area contributed by atoms with E-state index in [9.17, 15) is 23.7 Å². The van der Waals surface area contributed by atoms with Crippen molar-refractivity contribution in [3.05, 3.63) is 39.4 Å². The maximum Gasteiger partial charge on any atom is 0.305 e. The summed E-state index contributed by atoms with van der Waals surface area (Å²) in [6.45, 7) is 3.23. The average Bonchev–Trinajstić information content (AvgIpc) is 2.38. The molecule has 0 fully saturated rings. The van der Waals surface area contributed by atoms with E-state index in [0.717, 1.165) is 0 Å². The highest BCUT2D eigenvalue weighted by atomic mass is 19.1. The molecule has 1 unspecified atom stereocenters. The van der Waals surface area contributed by atoms with E-state index < -0.39 is 39.3 Å². The lowest BCUT2D eigenvalue weighted by molar-refractivity contribution is -0.387. The monoisotopic (exact) mass is 302 g/mol. The first kappa shape index (κ1) is 17.0. The Labute approximate surface area is 119 Å². The third kappa shape index (κ3) is 3.94. The molecule has 1 aromatic rings. The minimum Gasteiger partial charge on any atom is -0.396 e. The number of aliphatic hydroxyl groups is 1. The quantitative estimate of drug-likeness (QED) is 0.622. The van der Waals surface area contributed by atoms with Gasteiger partial charge in [0.25, 0.3) is 5.91 Å². The van der Waals surface area contributed by atoms with Gasteiger partial charge in [0, 0.05) is 24.3 Å². The topological polar surface area (TPSA) is 92.5 Å². The predicted octanol–water partition coefficient (Wildman–Crippen LogP) is 2.15. The number of nitro benzene ring substituents is 1. The zero-order valence-corrected chi connectivity index (χ0v) is 11.7. The Hall–Kier alpha value is -2.09. The molecule has 0 saturated carbocycles. The van der Waals surface area contributed by atoms with Crippen LogP contribution >= 0.6 is 0 Å². The van der Waals surface area contributed by atoms with Crippen LogP contribution in [0.25, 0.3) is 0 Å². The van der Waals surface area contributed by atoms with Gasteiger partial charge in [0.1, 0.15) is 5.82 Å². The van der Waals surface area contributed by atoms with Crippen molar-refractivity contribution in [2.75, 3.05) is 6.61 Å². The molecule has 1 amide bonds. The number of nitrogens with zero attached hydrogens (tertiary/aromatic N) is 1. The molecular weight excluding hydrogens is 286 g/mol. The van der Waals surface area contributed by atoms with E-state index in [2.05, 4.69) is 5.32 Å². The Bertz CT molecular complexity index is 565. The summed E-state index contributed by atoms with van der Waals surface area (Å²) in [6.07, 6.45) is 0.699. The van der Waals surface area contributed by atoms with Crippen LogP contribution in [0.4, 0.5) is 14.5 Å². The number of carbonyl (C=O) groups is 1. The zero-order chi connectivity index (χ0) is 16.2. The number of hydrogen-bond donors (Lipinski definition) is 2. The zero-order valence-electron chi connectivity index (χ0n) is 11.7. The molecule has 8 heteroatoms. The van der Waals surface area contributed by atoms with Crippen molar-refractivity contribution < 1.29 is 23.6 Å². The first-order valence-corrected chi connectivity index (χ1v) is 6.31. The van der Waals surface area contributed by atoms with Gasteiger partial charge in [0.15, 0.2) is 0 Å². The largest absolute Gasteiger partial charge is 0.396 e. The van der Waals surface area contributed by atoms with Gasteiger partial charge in [-0.2, -0.15) is 4.39 Å². The molecule has 0 aromatic heterocycles. The van der Waals surface area contributed by atoms with E-state index >= 15 is 0 Å². The Kier molecular flexibility index (Phi) is 5.31. The number of carbonyl (C=O) groups excluding carboxylic acids is 1. The van der Waals surface area contributed by atoms with Crippen molar-refractivity contribution >= 4 is 11.6 Å². The Balaban J connectivity index is 3.13. The number of halogens is 2. The maximum atomic E-state index is 13.6. The lowest BCUT2D eigenvalue weighted by Gasteiger charge is -2.29. The number of rotatable bonds is 6. The van der Waals surface area contributed by atoms with E-state index in [1.165, 1.54) is 0 Å². The molecule has 0 aliphatic rings. The van der Waals surface area contributed by atoms with Gasteiger partial charge in [0.2, 0.25) is 5.82 Å². The summed E-state index contributed by atoms with van der Waals surface area (Å²) in [4.78, 5) is 21.6. The molecule has 1 aromatic carbocycles. The molecule has 21 heavy (non-hydrogen) atoms. The second-order valence-electron chi connectivity index (χ2n) is 4.88. The molecule has 0 aliphatic heterocycles. The Morgan fingerprint density at radius 1 is 1.43 bits per heavy atom. The number of nitro groups is 1. The van der Waals surface area contributed by atoms with Crippen LogP contribution in [0.5, 0.6) is 0 Å². The highest BCUT2D eigenvalue weighted by Crippen LogP contribution is 2.23. The minimum atomic E-state index is -1.34. The van der Waals surface area contributed by atoms with Crippen molar-refractivity contribution in [2.24, 2.45) is 0 Å². The van der Waals surface area contributed by atoms with E-state index in [-0.39, 0.29) is 13.0 Å². The molecule has 0 bridgehead atoms. The molecule has 0 heterocycles. The molecule has 116 valence electrons. The van der Waals surface area contributed by atoms with Gasteiger partial charge in [-0.15, -0.1) is 0 Å². The molecule has 0 spiro atoms. The second-order valence-corrected chi connectivity index (χ2v) is 4.88.